The lowest BCUT2D eigenvalue weighted by Gasteiger charge is -2.39. The van der Waals surface area contributed by atoms with E-state index in [-0.39, 0.29) is 23.8 Å². The summed E-state index contributed by atoms with van der Waals surface area (Å²) < 4.78 is 0. The second-order valence-electron chi connectivity index (χ2n) is 5.81. The third-order valence-electron chi connectivity index (χ3n) is 4.56. The second kappa shape index (κ2) is 5.90. The van der Waals surface area contributed by atoms with Crippen molar-refractivity contribution in [1.29, 1.82) is 0 Å². The van der Waals surface area contributed by atoms with E-state index in [4.69, 9.17) is 0 Å². The lowest BCUT2D eigenvalue weighted by molar-refractivity contribution is -0.147. The highest BCUT2D eigenvalue weighted by Gasteiger charge is 2.41. The second-order valence-corrected chi connectivity index (χ2v) is 5.81. The molecule has 0 aromatic carbocycles. The van der Waals surface area contributed by atoms with Crippen LogP contribution in [0.5, 0.6) is 0 Å². The molecule has 0 aromatic rings. The maximum Gasteiger partial charge on any atom is 0.241 e. The molecule has 5 nitrogen and oxygen atoms in total. The minimum absolute atomic E-state index is 0.0564. The smallest absolute Gasteiger partial charge is 0.241 e. The molecule has 0 aromatic heterocycles. The SMILES string of the molecule is CCC1(C(=O)N2CCCN(C)C(=O)C2)CCCNC1. The first-order valence-corrected chi connectivity index (χ1v) is 7.33. The maximum atomic E-state index is 12.8. The van der Waals surface area contributed by atoms with Crippen LogP contribution in [0.25, 0.3) is 0 Å². The maximum absolute atomic E-state index is 12.8. The van der Waals surface area contributed by atoms with Gasteiger partial charge in [-0.3, -0.25) is 9.59 Å². The number of likely N-dealkylation sites (N-methyl/N-ethyl adjacent to an activating group) is 1. The van der Waals surface area contributed by atoms with Gasteiger partial charge in [-0.2, -0.15) is 0 Å². The molecule has 1 unspecified atom stereocenters. The van der Waals surface area contributed by atoms with Gasteiger partial charge in [0.2, 0.25) is 11.8 Å². The molecule has 0 saturated carbocycles. The summed E-state index contributed by atoms with van der Waals surface area (Å²) in [5.74, 6) is 0.228. The summed E-state index contributed by atoms with van der Waals surface area (Å²) in [6.07, 6.45) is 3.71. The van der Waals surface area contributed by atoms with Gasteiger partial charge in [0.15, 0.2) is 0 Å². The molecule has 2 saturated heterocycles. The van der Waals surface area contributed by atoms with Gasteiger partial charge in [-0.1, -0.05) is 6.92 Å². The molecule has 2 heterocycles. The zero-order valence-corrected chi connectivity index (χ0v) is 12.1. The molecule has 1 N–H and O–H groups in total. The summed E-state index contributed by atoms with van der Waals surface area (Å²) >= 11 is 0. The lowest BCUT2D eigenvalue weighted by Crippen LogP contribution is -2.52. The van der Waals surface area contributed by atoms with E-state index in [1.165, 1.54) is 0 Å². The first-order valence-electron chi connectivity index (χ1n) is 7.33. The van der Waals surface area contributed by atoms with E-state index in [9.17, 15) is 9.59 Å². The standard InChI is InChI=1S/C14H25N3O2/c1-3-14(6-4-7-15-11-14)13(19)17-9-5-8-16(2)12(18)10-17/h15H,3-11H2,1-2H3. The van der Waals surface area contributed by atoms with Crippen molar-refractivity contribution < 1.29 is 9.59 Å². The van der Waals surface area contributed by atoms with Crippen molar-refractivity contribution in [2.45, 2.75) is 32.6 Å². The van der Waals surface area contributed by atoms with Crippen LogP contribution in [-0.4, -0.2) is 61.4 Å². The zero-order chi connectivity index (χ0) is 13.9. The minimum Gasteiger partial charge on any atom is -0.344 e. The predicted molar refractivity (Wildman–Crippen MR) is 73.7 cm³/mol. The number of nitrogens with zero attached hydrogens (tertiary/aromatic N) is 2. The van der Waals surface area contributed by atoms with Crippen molar-refractivity contribution in [2.75, 3.05) is 39.8 Å². The van der Waals surface area contributed by atoms with Crippen LogP contribution >= 0.6 is 0 Å². The molecular formula is C14H25N3O2. The largest absolute Gasteiger partial charge is 0.344 e. The number of rotatable bonds is 2. The van der Waals surface area contributed by atoms with Gasteiger partial charge >= 0.3 is 0 Å². The molecule has 2 aliphatic rings. The van der Waals surface area contributed by atoms with E-state index in [1.807, 2.05) is 7.05 Å². The van der Waals surface area contributed by atoms with E-state index in [2.05, 4.69) is 12.2 Å². The van der Waals surface area contributed by atoms with E-state index in [0.717, 1.165) is 45.3 Å². The number of carbonyl (C=O) groups excluding carboxylic acids is 2. The van der Waals surface area contributed by atoms with E-state index in [1.54, 1.807) is 9.80 Å². The molecule has 0 aliphatic carbocycles. The summed E-state index contributed by atoms with van der Waals surface area (Å²) in [5, 5.41) is 3.34. The molecule has 2 fully saturated rings. The minimum atomic E-state index is -0.290. The first-order chi connectivity index (χ1) is 9.09. The normalized spacial score (nSPS) is 29.3. The molecule has 1 atom stereocenters. The Hall–Kier alpha value is -1.10. The van der Waals surface area contributed by atoms with E-state index < -0.39 is 0 Å². The fourth-order valence-electron chi connectivity index (χ4n) is 3.10. The Morgan fingerprint density at radius 1 is 1.37 bits per heavy atom. The van der Waals surface area contributed by atoms with Gasteiger partial charge in [-0.05, 0) is 32.2 Å². The Labute approximate surface area is 115 Å². The highest BCUT2D eigenvalue weighted by molar-refractivity contribution is 5.88. The zero-order valence-electron chi connectivity index (χ0n) is 12.1. The number of piperidine rings is 1. The molecule has 19 heavy (non-hydrogen) atoms. The highest BCUT2D eigenvalue weighted by atomic mass is 16.2. The Morgan fingerprint density at radius 2 is 2.16 bits per heavy atom. The van der Waals surface area contributed by atoms with Gasteiger partial charge in [0.1, 0.15) is 0 Å². The molecule has 108 valence electrons. The third-order valence-corrected chi connectivity index (χ3v) is 4.56. The Balaban J connectivity index is 2.10. The number of amides is 2. The molecule has 2 rings (SSSR count). The van der Waals surface area contributed by atoms with Crippen molar-refractivity contribution in [1.82, 2.24) is 15.1 Å². The number of hydrogen-bond donors (Lipinski definition) is 1. The van der Waals surface area contributed by atoms with Crippen molar-refractivity contribution in [3.05, 3.63) is 0 Å². The monoisotopic (exact) mass is 267 g/mol. The van der Waals surface area contributed by atoms with Crippen LogP contribution in [0.2, 0.25) is 0 Å². The van der Waals surface area contributed by atoms with Crippen LogP contribution in [0.4, 0.5) is 0 Å². The van der Waals surface area contributed by atoms with E-state index in [0.29, 0.717) is 6.54 Å². The summed E-state index contributed by atoms with van der Waals surface area (Å²) in [6, 6.07) is 0. The average molecular weight is 267 g/mol. The summed E-state index contributed by atoms with van der Waals surface area (Å²) in [5.41, 5.74) is -0.290. The molecule has 0 spiro atoms. The fourth-order valence-corrected chi connectivity index (χ4v) is 3.10. The Morgan fingerprint density at radius 3 is 2.79 bits per heavy atom. The van der Waals surface area contributed by atoms with Gasteiger partial charge in [-0.25, -0.2) is 0 Å². The highest BCUT2D eigenvalue weighted by Crippen LogP contribution is 2.32. The van der Waals surface area contributed by atoms with Gasteiger partial charge in [0.05, 0.1) is 12.0 Å². The van der Waals surface area contributed by atoms with Crippen molar-refractivity contribution in [3.63, 3.8) is 0 Å². The van der Waals surface area contributed by atoms with Gasteiger partial charge in [0, 0.05) is 26.7 Å². The summed E-state index contributed by atoms with van der Waals surface area (Å²) in [6.45, 7) is 5.53. The first kappa shape index (κ1) is 14.3. The molecule has 2 amide bonds. The summed E-state index contributed by atoms with van der Waals surface area (Å²) in [4.78, 5) is 28.3. The van der Waals surface area contributed by atoms with Crippen LogP contribution < -0.4 is 5.32 Å². The topological polar surface area (TPSA) is 52.7 Å². The Bertz CT molecular complexity index is 351. The number of hydrogen-bond acceptors (Lipinski definition) is 3. The fraction of sp³-hybridized carbons (Fsp3) is 0.857. The molecule has 5 heteroatoms. The third kappa shape index (κ3) is 2.91. The predicted octanol–water partition coefficient (Wildman–Crippen LogP) is 0.457. The average Bonchev–Trinajstić information content (AvgIpc) is 2.61. The molecular weight excluding hydrogens is 242 g/mol. The molecule has 0 bridgehead atoms. The van der Waals surface area contributed by atoms with Crippen LogP contribution in [0.15, 0.2) is 0 Å². The van der Waals surface area contributed by atoms with Gasteiger partial charge in [-0.15, -0.1) is 0 Å². The quantitative estimate of drug-likeness (QED) is 0.790. The number of nitrogens with one attached hydrogen (secondary N) is 1. The van der Waals surface area contributed by atoms with Gasteiger partial charge in [0.25, 0.3) is 0 Å². The van der Waals surface area contributed by atoms with Crippen molar-refractivity contribution >= 4 is 11.8 Å². The van der Waals surface area contributed by atoms with Crippen molar-refractivity contribution in [2.24, 2.45) is 5.41 Å². The Kier molecular flexibility index (Phi) is 4.45. The van der Waals surface area contributed by atoms with Crippen LogP contribution in [0.1, 0.15) is 32.6 Å². The van der Waals surface area contributed by atoms with Crippen LogP contribution in [-0.2, 0) is 9.59 Å². The molecule has 2 aliphatic heterocycles. The van der Waals surface area contributed by atoms with E-state index >= 15 is 0 Å². The lowest BCUT2D eigenvalue weighted by atomic mass is 9.77. The summed E-state index contributed by atoms with van der Waals surface area (Å²) in [7, 11) is 1.81. The van der Waals surface area contributed by atoms with Crippen LogP contribution in [0, 0.1) is 5.41 Å². The van der Waals surface area contributed by atoms with Crippen LogP contribution in [0.3, 0.4) is 0 Å². The van der Waals surface area contributed by atoms with Crippen molar-refractivity contribution in [3.8, 4) is 0 Å². The van der Waals surface area contributed by atoms with Gasteiger partial charge < -0.3 is 15.1 Å². The molecule has 0 radical (unpaired) electrons. The number of carbonyl (C=O) groups is 2.